The maximum Gasteiger partial charge on any atom is 0.227 e. The third kappa shape index (κ3) is 3.85. The van der Waals surface area contributed by atoms with Gasteiger partial charge in [-0.2, -0.15) is 5.10 Å². The molecular weight excluding hydrogens is 463 g/mol. The number of methoxy groups -OCH3 is 1. The summed E-state index contributed by atoms with van der Waals surface area (Å²) in [4.78, 5) is 19.4. The summed E-state index contributed by atoms with van der Waals surface area (Å²) < 4.78 is 8.21. The second kappa shape index (κ2) is 8.46. The molecule has 0 aliphatic carbocycles. The molecule has 0 N–H and O–H groups in total. The van der Waals surface area contributed by atoms with Crippen molar-refractivity contribution in [1.82, 2.24) is 19.5 Å². The lowest BCUT2D eigenvalue weighted by Crippen LogP contribution is -2.31. The highest BCUT2D eigenvalue weighted by molar-refractivity contribution is 14.1. The summed E-state index contributed by atoms with van der Waals surface area (Å²) in [6.45, 7) is 9.34. The summed E-state index contributed by atoms with van der Waals surface area (Å²) in [6.07, 6.45) is 0.277. The van der Waals surface area contributed by atoms with Crippen LogP contribution in [0.4, 0.5) is 0 Å². The van der Waals surface area contributed by atoms with E-state index in [0.717, 1.165) is 43.2 Å². The van der Waals surface area contributed by atoms with Gasteiger partial charge in [-0.15, -0.1) is 0 Å². The second-order valence-corrected chi connectivity index (χ2v) is 7.86. The molecule has 0 spiro atoms. The van der Waals surface area contributed by atoms with E-state index in [1.54, 1.807) is 7.11 Å². The first-order chi connectivity index (χ1) is 13.4. The number of ether oxygens (including phenoxy) is 1. The topological polar surface area (TPSA) is 59.7 Å². The average molecular weight is 488 g/mol. The molecule has 0 unspecified atom stereocenters. The van der Waals surface area contributed by atoms with E-state index in [0.29, 0.717) is 13.1 Å². The number of rotatable bonds is 6. The van der Waals surface area contributed by atoms with E-state index in [2.05, 4.69) is 22.6 Å². The van der Waals surface area contributed by atoms with E-state index >= 15 is 0 Å². The monoisotopic (exact) mass is 488 g/mol. The molecule has 0 radical (unpaired) electrons. The molecule has 0 fully saturated rings. The van der Waals surface area contributed by atoms with Gasteiger partial charge in [0.1, 0.15) is 5.75 Å². The van der Waals surface area contributed by atoms with Crippen LogP contribution in [0.5, 0.6) is 5.75 Å². The maximum absolute atomic E-state index is 12.9. The zero-order valence-corrected chi connectivity index (χ0v) is 19.1. The summed E-state index contributed by atoms with van der Waals surface area (Å²) in [6, 6.07) is 7.95. The number of carbonyl (C=O) groups is 1. The maximum atomic E-state index is 12.9. The van der Waals surface area contributed by atoms with Gasteiger partial charge in [0.2, 0.25) is 5.91 Å². The molecule has 28 heavy (non-hydrogen) atoms. The van der Waals surface area contributed by atoms with Crippen molar-refractivity contribution in [3.05, 3.63) is 44.8 Å². The van der Waals surface area contributed by atoms with Crippen molar-refractivity contribution in [2.24, 2.45) is 0 Å². The molecule has 2 heterocycles. The number of carbonyl (C=O) groups excluding carboxylic acids is 1. The van der Waals surface area contributed by atoms with Gasteiger partial charge in [0, 0.05) is 35.6 Å². The molecule has 7 heteroatoms. The number of nitrogens with zero attached hydrogens (tertiary/aromatic N) is 4. The number of fused-ring (bicyclic) bond motifs is 1. The van der Waals surface area contributed by atoms with Crippen molar-refractivity contribution in [1.29, 1.82) is 0 Å². The van der Waals surface area contributed by atoms with E-state index in [1.807, 2.05) is 61.4 Å². The van der Waals surface area contributed by atoms with Crippen LogP contribution in [0.3, 0.4) is 0 Å². The van der Waals surface area contributed by atoms with Crippen LogP contribution in [0.1, 0.15) is 30.8 Å². The fourth-order valence-electron chi connectivity index (χ4n) is 3.41. The number of hydrogen-bond donors (Lipinski definition) is 0. The van der Waals surface area contributed by atoms with Crippen LogP contribution in [0.2, 0.25) is 0 Å². The number of aryl methyl sites for hydroxylation is 2. The molecule has 0 aliphatic heterocycles. The lowest BCUT2D eigenvalue weighted by atomic mass is 10.0. The lowest BCUT2D eigenvalue weighted by Gasteiger charge is -2.18. The first kappa shape index (κ1) is 20.6. The molecule has 3 aromatic rings. The smallest absolute Gasteiger partial charge is 0.227 e. The van der Waals surface area contributed by atoms with Crippen LogP contribution < -0.4 is 4.74 Å². The third-order valence-electron chi connectivity index (χ3n) is 4.86. The summed E-state index contributed by atoms with van der Waals surface area (Å²) in [7, 11) is 1.66. The minimum absolute atomic E-state index is 0.0883. The Morgan fingerprint density at radius 1 is 1.21 bits per heavy atom. The normalized spacial score (nSPS) is 11.1. The van der Waals surface area contributed by atoms with Crippen molar-refractivity contribution in [3.63, 3.8) is 0 Å². The van der Waals surface area contributed by atoms with Crippen molar-refractivity contribution in [2.75, 3.05) is 20.2 Å². The summed E-state index contributed by atoms with van der Waals surface area (Å²) in [5, 5.41) is 4.82. The SMILES string of the molecule is CCN(CC)C(=O)Cc1c(-c2ccc(OC)c([123I])c2)nn2c(C)cc(C)nc12. The molecule has 148 valence electrons. The van der Waals surface area contributed by atoms with Crippen LogP contribution >= 0.6 is 22.6 Å². The van der Waals surface area contributed by atoms with Crippen molar-refractivity contribution < 1.29 is 9.53 Å². The zero-order chi connectivity index (χ0) is 20.4. The van der Waals surface area contributed by atoms with Crippen LogP contribution in [-0.4, -0.2) is 45.6 Å². The van der Waals surface area contributed by atoms with E-state index in [9.17, 15) is 4.79 Å². The highest BCUT2D eigenvalue weighted by atomic mass is 123. The number of likely N-dealkylation sites (N-methyl/N-ethyl adjacent to an activating group) is 1. The fourth-order valence-corrected chi connectivity index (χ4v) is 4.15. The molecule has 6 nitrogen and oxygen atoms in total. The van der Waals surface area contributed by atoms with Crippen LogP contribution in [0.15, 0.2) is 24.3 Å². The standard InChI is InChI=1S/C21H25IN4O2/c1-6-25(7-2)19(27)12-16-20(15-8-9-18(28-5)17(22)11-15)24-26-14(4)10-13(3)23-21(16)26/h8-11H,6-7,12H2,1-5H3/i22-4. The van der Waals surface area contributed by atoms with Crippen molar-refractivity contribution in [3.8, 4) is 17.0 Å². The minimum Gasteiger partial charge on any atom is -0.496 e. The third-order valence-corrected chi connectivity index (χ3v) is 5.70. The molecule has 1 aromatic carbocycles. The van der Waals surface area contributed by atoms with Gasteiger partial charge in [0.25, 0.3) is 0 Å². The quantitative estimate of drug-likeness (QED) is 0.492. The summed E-state index contributed by atoms with van der Waals surface area (Å²) in [5.41, 5.74) is 5.27. The van der Waals surface area contributed by atoms with Crippen molar-refractivity contribution >= 4 is 34.1 Å². The first-order valence-electron chi connectivity index (χ1n) is 9.37. The van der Waals surface area contributed by atoms with Gasteiger partial charge in [-0.05, 0) is 74.6 Å². The molecule has 3 rings (SSSR count). The molecule has 0 bridgehead atoms. The molecule has 1 amide bonds. The Kier molecular flexibility index (Phi) is 6.22. The zero-order valence-electron chi connectivity index (χ0n) is 16.9. The summed E-state index contributed by atoms with van der Waals surface area (Å²) >= 11 is 2.25. The molecule has 0 aliphatic rings. The van der Waals surface area contributed by atoms with Crippen LogP contribution in [0, 0.1) is 17.4 Å². The number of hydrogen-bond acceptors (Lipinski definition) is 4. The Balaban J connectivity index is 2.20. The van der Waals surface area contributed by atoms with Crippen molar-refractivity contribution in [2.45, 2.75) is 34.1 Å². The van der Waals surface area contributed by atoms with Gasteiger partial charge >= 0.3 is 0 Å². The Bertz CT molecular complexity index is 1020. The Hall–Kier alpha value is -2.16. The molecular formula is C21H25IN4O2. The fraction of sp³-hybridized carbons (Fsp3) is 0.381. The largest absolute Gasteiger partial charge is 0.496 e. The predicted octanol–water partition coefficient (Wildman–Crippen LogP) is 4.04. The average Bonchev–Trinajstić information content (AvgIpc) is 3.01. The number of halogens is 1. The highest BCUT2D eigenvalue weighted by Gasteiger charge is 2.22. The number of amides is 1. The molecule has 0 atom stereocenters. The minimum atomic E-state index is 0.0883. The Labute approximate surface area is 179 Å². The van der Waals surface area contributed by atoms with Crippen LogP contribution in [-0.2, 0) is 11.2 Å². The molecule has 0 saturated carbocycles. The summed E-state index contributed by atoms with van der Waals surface area (Å²) in [5.74, 6) is 0.907. The Morgan fingerprint density at radius 3 is 2.54 bits per heavy atom. The van der Waals surface area contributed by atoms with E-state index in [4.69, 9.17) is 14.8 Å². The second-order valence-electron chi connectivity index (χ2n) is 6.69. The van der Waals surface area contributed by atoms with Gasteiger partial charge < -0.3 is 9.64 Å². The molecule has 0 saturated heterocycles. The lowest BCUT2D eigenvalue weighted by molar-refractivity contribution is -0.130. The van der Waals surface area contributed by atoms with Gasteiger partial charge in [-0.25, -0.2) is 9.50 Å². The van der Waals surface area contributed by atoms with E-state index in [1.165, 1.54) is 0 Å². The van der Waals surface area contributed by atoms with Crippen LogP contribution in [0.25, 0.3) is 16.9 Å². The molecule has 2 aromatic heterocycles. The Morgan fingerprint density at radius 2 is 1.93 bits per heavy atom. The number of benzene rings is 1. The van der Waals surface area contributed by atoms with Gasteiger partial charge in [-0.3, -0.25) is 4.79 Å². The predicted molar refractivity (Wildman–Crippen MR) is 119 cm³/mol. The van der Waals surface area contributed by atoms with E-state index in [-0.39, 0.29) is 12.3 Å². The van der Waals surface area contributed by atoms with Gasteiger partial charge in [-0.1, -0.05) is 0 Å². The van der Waals surface area contributed by atoms with Gasteiger partial charge in [0.15, 0.2) is 5.65 Å². The first-order valence-corrected chi connectivity index (χ1v) is 10.4. The highest BCUT2D eigenvalue weighted by Crippen LogP contribution is 2.31. The number of aromatic nitrogens is 3. The van der Waals surface area contributed by atoms with Gasteiger partial charge in [0.05, 0.1) is 22.8 Å². The van der Waals surface area contributed by atoms with E-state index < -0.39 is 0 Å².